The zero-order chi connectivity index (χ0) is 13.9. The summed E-state index contributed by atoms with van der Waals surface area (Å²) in [6.07, 6.45) is 6.27. The van der Waals surface area contributed by atoms with E-state index in [1.54, 1.807) is 0 Å². The molecule has 5 nitrogen and oxygen atoms in total. The van der Waals surface area contributed by atoms with E-state index in [0.29, 0.717) is 24.0 Å². The number of fused-ring (bicyclic) bond motifs is 2. The number of ether oxygens (including phenoxy) is 1. The van der Waals surface area contributed by atoms with Crippen LogP contribution in [-0.4, -0.2) is 35.2 Å². The van der Waals surface area contributed by atoms with E-state index in [9.17, 15) is 9.59 Å². The molecule has 5 heteroatoms. The van der Waals surface area contributed by atoms with Crippen molar-refractivity contribution in [3.05, 3.63) is 0 Å². The number of carbonyl (C=O) groups is 2. The van der Waals surface area contributed by atoms with Gasteiger partial charge in [-0.15, -0.1) is 0 Å². The van der Waals surface area contributed by atoms with Crippen molar-refractivity contribution < 1.29 is 19.4 Å². The summed E-state index contributed by atoms with van der Waals surface area (Å²) >= 11 is 0. The Morgan fingerprint density at radius 2 is 1.70 bits per heavy atom. The molecule has 2 N–H and O–H groups in total. The molecule has 2 aliphatic heterocycles. The molecule has 2 saturated carbocycles. The first kappa shape index (κ1) is 12.6. The van der Waals surface area contributed by atoms with Gasteiger partial charge >= 0.3 is 5.97 Å². The lowest BCUT2D eigenvalue weighted by Crippen LogP contribution is -2.38. The van der Waals surface area contributed by atoms with Crippen LogP contribution in [0.2, 0.25) is 0 Å². The average Bonchev–Trinajstić information content (AvgIpc) is 3.28. The van der Waals surface area contributed by atoms with Crippen LogP contribution in [0.15, 0.2) is 0 Å². The maximum absolute atomic E-state index is 12.3. The first-order chi connectivity index (χ1) is 9.61. The summed E-state index contributed by atoms with van der Waals surface area (Å²) < 4.78 is 5.76. The maximum Gasteiger partial charge on any atom is 0.306 e. The molecule has 1 unspecified atom stereocenters. The standard InChI is InChI=1S/C15H21NO4/c17-14(7-3-8-1-2-9(4-7)20-8)16-13-6-11(13)10-5-12(10)15(18)19/h7-13H,1-6H2,(H,16,17)(H,18,19)/t7?,8-,9+,10-,11+,12-,13+/m1/s1. The fourth-order valence-electron chi connectivity index (χ4n) is 4.20. The average molecular weight is 279 g/mol. The van der Waals surface area contributed by atoms with Crippen LogP contribution in [0.1, 0.15) is 38.5 Å². The minimum Gasteiger partial charge on any atom is -0.481 e. The Kier molecular flexibility index (Phi) is 2.81. The molecule has 0 aromatic rings. The monoisotopic (exact) mass is 279 g/mol. The summed E-state index contributed by atoms with van der Waals surface area (Å²) in [4.78, 5) is 23.1. The molecule has 110 valence electrons. The third-order valence-corrected chi connectivity index (χ3v) is 5.54. The van der Waals surface area contributed by atoms with Gasteiger partial charge in [0.2, 0.25) is 5.91 Å². The van der Waals surface area contributed by atoms with Gasteiger partial charge in [0.15, 0.2) is 0 Å². The number of rotatable bonds is 4. The van der Waals surface area contributed by atoms with E-state index in [0.717, 1.165) is 38.5 Å². The predicted octanol–water partition coefficient (Wildman–Crippen LogP) is 1.17. The summed E-state index contributed by atoms with van der Waals surface area (Å²) in [7, 11) is 0. The molecule has 2 saturated heterocycles. The van der Waals surface area contributed by atoms with Gasteiger partial charge in [-0.2, -0.15) is 0 Å². The molecule has 0 spiro atoms. The normalized spacial score (nSPS) is 48.7. The molecule has 4 aliphatic rings. The van der Waals surface area contributed by atoms with Gasteiger partial charge in [-0.3, -0.25) is 9.59 Å². The summed E-state index contributed by atoms with van der Waals surface area (Å²) in [6.45, 7) is 0. The van der Waals surface area contributed by atoms with E-state index in [4.69, 9.17) is 9.84 Å². The van der Waals surface area contributed by atoms with Crippen LogP contribution >= 0.6 is 0 Å². The second-order valence-electron chi connectivity index (χ2n) is 6.98. The molecule has 1 amide bonds. The number of carboxylic acids is 1. The van der Waals surface area contributed by atoms with Gasteiger partial charge in [-0.05, 0) is 50.4 Å². The van der Waals surface area contributed by atoms with E-state index in [1.165, 1.54) is 0 Å². The molecule has 0 aromatic heterocycles. The van der Waals surface area contributed by atoms with Gasteiger partial charge in [-0.1, -0.05) is 0 Å². The van der Waals surface area contributed by atoms with Crippen molar-refractivity contribution in [2.24, 2.45) is 23.7 Å². The number of hydrogen-bond donors (Lipinski definition) is 2. The molecular weight excluding hydrogens is 258 g/mol. The SMILES string of the molecule is O=C(N[C@H]1C[C@H]1[C@H]1C[C@H]1C(=O)O)C1C[C@H]2CC[C@@H](C1)O2. The Balaban J connectivity index is 1.26. The Labute approximate surface area is 118 Å². The third kappa shape index (κ3) is 2.22. The highest BCUT2D eigenvalue weighted by molar-refractivity contribution is 5.79. The molecule has 20 heavy (non-hydrogen) atoms. The third-order valence-electron chi connectivity index (χ3n) is 5.54. The van der Waals surface area contributed by atoms with Crippen LogP contribution in [0.5, 0.6) is 0 Å². The molecule has 2 heterocycles. The van der Waals surface area contributed by atoms with E-state index in [-0.39, 0.29) is 23.8 Å². The minimum absolute atomic E-state index is 0.108. The summed E-state index contributed by atoms with van der Waals surface area (Å²) in [6, 6.07) is 0.234. The highest BCUT2D eigenvalue weighted by atomic mass is 16.5. The quantitative estimate of drug-likeness (QED) is 0.810. The number of aliphatic carboxylic acids is 1. The van der Waals surface area contributed by atoms with Crippen molar-refractivity contribution >= 4 is 11.9 Å². The van der Waals surface area contributed by atoms with Gasteiger partial charge in [0.05, 0.1) is 18.1 Å². The number of carbonyl (C=O) groups excluding carboxylic acids is 1. The van der Waals surface area contributed by atoms with Crippen molar-refractivity contribution in [2.45, 2.75) is 56.8 Å². The topological polar surface area (TPSA) is 75.6 Å². The van der Waals surface area contributed by atoms with Crippen LogP contribution in [0, 0.1) is 23.7 Å². The van der Waals surface area contributed by atoms with E-state index in [1.807, 2.05) is 0 Å². The van der Waals surface area contributed by atoms with E-state index >= 15 is 0 Å². The second-order valence-corrected chi connectivity index (χ2v) is 6.98. The lowest BCUT2D eigenvalue weighted by molar-refractivity contribution is -0.138. The largest absolute Gasteiger partial charge is 0.481 e. The molecule has 7 atom stereocenters. The summed E-state index contributed by atoms with van der Waals surface area (Å²) in [5, 5.41) is 12.1. The van der Waals surface area contributed by atoms with Crippen LogP contribution in [0.25, 0.3) is 0 Å². The predicted molar refractivity (Wildman–Crippen MR) is 69.9 cm³/mol. The van der Waals surface area contributed by atoms with Crippen molar-refractivity contribution in [3.63, 3.8) is 0 Å². The van der Waals surface area contributed by atoms with Crippen molar-refractivity contribution in [3.8, 4) is 0 Å². The Morgan fingerprint density at radius 3 is 2.30 bits per heavy atom. The number of hydrogen-bond acceptors (Lipinski definition) is 3. The molecule has 4 fully saturated rings. The highest BCUT2D eigenvalue weighted by Gasteiger charge is 2.57. The van der Waals surface area contributed by atoms with Crippen molar-refractivity contribution in [2.75, 3.05) is 0 Å². The highest BCUT2D eigenvalue weighted by Crippen LogP contribution is 2.54. The van der Waals surface area contributed by atoms with Gasteiger partial charge in [0, 0.05) is 12.0 Å². The van der Waals surface area contributed by atoms with Crippen LogP contribution in [-0.2, 0) is 14.3 Å². The minimum atomic E-state index is -0.673. The number of carboxylic acid groups (broad SMARTS) is 1. The maximum atomic E-state index is 12.3. The van der Waals surface area contributed by atoms with Crippen LogP contribution in [0.3, 0.4) is 0 Å². The smallest absolute Gasteiger partial charge is 0.306 e. The van der Waals surface area contributed by atoms with Gasteiger partial charge in [-0.25, -0.2) is 0 Å². The summed E-state index contributed by atoms with van der Waals surface area (Å²) in [5.41, 5.74) is 0. The summed E-state index contributed by atoms with van der Waals surface area (Å²) in [5.74, 6) is 0.177. The fourth-order valence-corrected chi connectivity index (χ4v) is 4.20. The van der Waals surface area contributed by atoms with Crippen LogP contribution in [0.4, 0.5) is 0 Å². The Bertz CT molecular complexity index is 439. The Hall–Kier alpha value is -1.10. The molecule has 2 bridgehead atoms. The Morgan fingerprint density at radius 1 is 1.00 bits per heavy atom. The first-order valence-corrected chi connectivity index (χ1v) is 7.80. The molecule has 0 aromatic carbocycles. The molecule has 2 aliphatic carbocycles. The van der Waals surface area contributed by atoms with Gasteiger partial charge < -0.3 is 15.2 Å². The van der Waals surface area contributed by atoms with Gasteiger partial charge in [0.1, 0.15) is 0 Å². The number of amides is 1. The van der Waals surface area contributed by atoms with Crippen LogP contribution < -0.4 is 5.32 Å². The molecular formula is C15H21NO4. The van der Waals surface area contributed by atoms with E-state index < -0.39 is 5.97 Å². The molecule has 0 radical (unpaired) electrons. The first-order valence-electron chi connectivity index (χ1n) is 7.80. The van der Waals surface area contributed by atoms with Gasteiger partial charge in [0.25, 0.3) is 0 Å². The second kappa shape index (κ2) is 4.45. The fraction of sp³-hybridized carbons (Fsp3) is 0.867. The van der Waals surface area contributed by atoms with Crippen molar-refractivity contribution in [1.29, 1.82) is 0 Å². The number of nitrogens with one attached hydrogen (secondary N) is 1. The lowest BCUT2D eigenvalue weighted by Gasteiger charge is -2.27. The zero-order valence-electron chi connectivity index (χ0n) is 11.5. The lowest BCUT2D eigenvalue weighted by atomic mass is 9.94. The van der Waals surface area contributed by atoms with E-state index in [2.05, 4.69) is 5.32 Å². The zero-order valence-corrected chi connectivity index (χ0v) is 11.5. The van der Waals surface area contributed by atoms with Crippen molar-refractivity contribution in [1.82, 2.24) is 5.32 Å². The molecule has 4 rings (SSSR count).